The molecule has 3 rings (SSSR count). The Morgan fingerprint density at radius 3 is 2.58 bits per heavy atom. The highest BCUT2D eigenvalue weighted by Gasteiger charge is 2.43. The van der Waals surface area contributed by atoms with Gasteiger partial charge in [0, 0.05) is 17.8 Å². The summed E-state index contributed by atoms with van der Waals surface area (Å²) in [7, 11) is 1.73. The third-order valence-corrected chi connectivity index (χ3v) is 3.55. The fraction of sp³-hybridized carbons (Fsp3) is 0.467. The summed E-state index contributed by atoms with van der Waals surface area (Å²) in [6, 6.07) is 4.29. The number of likely N-dealkylation sites (N-methyl/N-ethyl adjacent to an activating group) is 1. The summed E-state index contributed by atoms with van der Waals surface area (Å²) in [5, 5.41) is 5.44. The van der Waals surface area contributed by atoms with Crippen LogP contribution in [0.2, 0.25) is 0 Å². The molecule has 0 saturated heterocycles. The van der Waals surface area contributed by atoms with Gasteiger partial charge < -0.3 is 25.0 Å². The molecule has 1 aromatic carbocycles. The van der Waals surface area contributed by atoms with Crippen LogP contribution < -0.4 is 25.0 Å². The van der Waals surface area contributed by atoms with E-state index in [0.29, 0.717) is 5.69 Å². The van der Waals surface area contributed by atoms with Crippen LogP contribution in [0.3, 0.4) is 0 Å². The molecule has 9 heteroatoms. The van der Waals surface area contributed by atoms with Crippen LogP contribution in [-0.4, -0.2) is 44.3 Å². The molecule has 7 nitrogen and oxygen atoms in total. The highest BCUT2D eigenvalue weighted by molar-refractivity contribution is 5.92. The number of fused-ring (bicyclic) bond motifs is 1. The van der Waals surface area contributed by atoms with E-state index < -0.39 is 6.29 Å². The lowest BCUT2D eigenvalue weighted by Gasteiger charge is -2.13. The minimum Gasteiger partial charge on any atom is -0.395 e. The summed E-state index contributed by atoms with van der Waals surface area (Å²) in [4.78, 5) is 24.4. The van der Waals surface area contributed by atoms with Gasteiger partial charge in [-0.25, -0.2) is 0 Å². The first-order chi connectivity index (χ1) is 11.3. The molecule has 1 heterocycles. The topological polar surface area (TPSA) is 81.1 Å². The molecule has 1 aliphatic heterocycles. The molecule has 1 saturated carbocycles. The Hall–Kier alpha value is -2.42. The molecule has 1 aromatic rings. The lowest BCUT2D eigenvalue weighted by atomic mass is 10.2. The van der Waals surface area contributed by atoms with Crippen LogP contribution in [0.5, 0.6) is 11.5 Å². The Labute approximate surface area is 136 Å². The standard InChI is InChI=1S/C15H17F2N3O4/c1-20(7-13(21)18-9-2-3-9)8-14(22)19-10-4-5-11-12(6-10)24-15(16,17)23-11/h4-6,9H,2-3,7-8H2,1H3,(H,18,21)(H,19,22)/p+1. The van der Waals surface area contributed by atoms with E-state index in [9.17, 15) is 18.4 Å². The van der Waals surface area contributed by atoms with Gasteiger partial charge in [-0.05, 0) is 25.0 Å². The number of hydrogen-bond donors (Lipinski definition) is 3. The molecule has 24 heavy (non-hydrogen) atoms. The fourth-order valence-electron chi connectivity index (χ4n) is 2.35. The number of halogens is 2. The van der Waals surface area contributed by atoms with Crippen molar-refractivity contribution in [3.05, 3.63) is 18.2 Å². The molecule has 0 radical (unpaired) electrons. The number of rotatable bonds is 6. The van der Waals surface area contributed by atoms with Gasteiger partial charge in [0.25, 0.3) is 11.8 Å². The van der Waals surface area contributed by atoms with Gasteiger partial charge >= 0.3 is 6.29 Å². The van der Waals surface area contributed by atoms with E-state index in [1.54, 1.807) is 7.05 Å². The summed E-state index contributed by atoms with van der Waals surface area (Å²) >= 11 is 0. The molecule has 0 aromatic heterocycles. The smallest absolute Gasteiger partial charge is 0.395 e. The number of anilines is 1. The van der Waals surface area contributed by atoms with Gasteiger partial charge in [0.05, 0.1) is 7.05 Å². The van der Waals surface area contributed by atoms with Gasteiger partial charge in [-0.15, -0.1) is 8.78 Å². The molecule has 1 fully saturated rings. The molecular formula is C15H18F2N3O4+. The number of amides is 2. The van der Waals surface area contributed by atoms with Crippen molar-refractivity contribution < 1.29 is 32.7 Å². The predicted molar refractivity (Wildman–Crippen MR) is 79.1 cm³/mol. The lowest BCUT2D eigenvalue weighted by molar-refractivity contribution is -0.862. The summed E-state index contributed by atoms with van der Waals surface area (Å²) in [5.74, 6) is -0.648. The van der Waals surface area contributed by atoms with Gasteiger partial charge in [0.15, 0.2) is 24.6 Å². The summed E-state index contributed by atoms with van der Waals surface area (Å²) < 4.78 is 34.5. The van der Waals surface area contributed by atoms with Crippen LogP contribution in [0.25, 0.3) is 0 Å². The average Bonchev–Trinajstić information content (AvgIpc) is 3.18. The van der Waals surface area contributed by atoms with Crippen molar-refractivity contribution in [3.63, 3.8) is 0 Å². The molecule has 130 valence electrons. The zero-order chi connectivity index (χ0) is 17.3. The quantitative estimate of drug-likeness (QED) is 0.665. The number of quaternary nitrogens is 1. The monoisotopic (exact) mass is 342 g/mol. The first-order valence-electron chi connectivity index (χ1n) is 7.61. The molecule has 0 spiro atoms. The third-order valence-electron chi connectivity index (χ3n) is 3.55. The molecule has 1 atom stereocenters. The number of alkyl halides is 2. The van der Waals surface area contributed by atoms with Gasteiger partial charge in [-0.3, -0.25) is 9.59 Å². The van der Waals surface area contributed by atoms with E-state index in [4.69, 9.17) is 0 Å². The van der Waals surface area contributed by atoms with Crippen LogP contribution >= 0.6 is 0 Å². The number of hydrogen-bond acceptors (Lipinski definition) is 4. The third kappa shape index (κ3) is 4.31. The van der Waals surface area contributed by atoms with E-state index in [-0.39, 0.29) is 42.4 Å². The average molecular weight is 342 g/mol. The van der Waals surface area contributed by atoms with E-state index in [2.05, 4.69) is 20.1 Å². The Morgan fingerprint density at radius 2 is 1.88 bits per heavy atom. The van der Waals surface area contributed by atoms with Crippen LogP contribution in [0.4, 0.5) is 14.5 Å². The Balaban J connectivity index is 1.49. The number of ether oxygens (including phenoxy) is 2. The van der Waals surface area contributed by atoms with Crippen molar-refractivity contribution in [2.24, 2.45) is 0 Å². The van der Waals surface area contributed by atoms with Crippen molar-refractivity contribution in [3.8, 4) is 11.5 Å². The maximum atomic E-state index is 12.9. The van der Waals surface area contributed by atoms with Gasteiger partial charge in [0.2, 0.25) is 0 Å². The van der Waals surface area contributed by atoms with Crippen LogP contribution in [-0.2, 0) is 9.59 Å². The molecule has 1 unspecified atom stereocenters. The highest BCUT2D eigenvalue weighted by Crippen LogP contribution is 2.42. The summed E-state index contributed by atoms with van der Waals surface area (Å²) in [5.41, 5.74) is 0.315. The predicted octanol–water partition coefficient (Wildman–Crippen LogP) is -0.260. The molecular weight excluding hydrogens is 324 g/mol. The number of carbonyl (C=O) groups is 2. The second kappa shape index (κ2) is 6.23. The van der Waals surface area contributed by atoms with E-state index in [0.717, 1.165) is 17.7 Å². The molecule has 3 N–H and O–H groups in total. The van der Waals surface area contributed by atoms with Crippen LogP contribution in [0.15, 0.2) is 18.2 Å². The Bertz CT molecular complexity index is 664. The van der Waals surface area contributed by atoms with Crippen molar-refractivity contribution in [2.45, 2.75) is 25.2 Å². The number of nitrogens with one attached hydrogen (secondary N) is 3. The highest BCUT2D eigenvalue weighted by atomic mass is 19.3. The summed E-state index contributed by atoms with van der Waals surface area (Å²) in [6.07, 6.45) is -1.67. The summed E-state index contributed by atoms with van der Waals surface area (Å²) in [6.45, 7) is 0.264. The fourth-order valence-corrected chi connectivity index (χ4v) is 2.35. The maximum absolute atomic E-state index is 12.9. The number of carbonyl (C=O) groups excluding carboxylic acids is 2. The minimum absolute atomic E-state index is 0.0721. The van der Waals surface area contributed by atoms with Gasteiger partial charge in [0.1, 0.15) is 0 Å². The minimum atomic E-state index is -3.69. The Kier molecular flexibility index (Phi) is 4.27. The zero-order valence-corrected chi connectivity index (χ0v) is 13.0. The normalized spacial score (nSPS) is 18.8. The van der Waals surface area contributed by atoms with Crippen molar-refractivity contribution in [2.75, 3.05) is 25.5 Å². The second-order valence-electron chi connectivity index (χ2n) is 6.03. The van der Waals surface area contributed by atoms with Crippen molar-refractivity contribution in [1.29, 1.82) is 0 Å². The molecule has 2 amide bonds. The zero-order valence-electron chi connectivity index (χ0n) is 13.0. The van der Waals surface area contributed by atoms with Gasteiger partial charge in [-0.1, -0.05) is 0 Å². The van der Waals surface area contributed by atoms with Crippen molar-refractivity contribution in [1.82, 2.24) is 5.32 Å². The van der Waals surface area contributed by atoms with Gasteiger partial charge in [-0.2, -0.15) is 0 Å². The van der Waals surface area contributed by atoms with Crippen LogP contribution in [0, 0.1) is 0 Å². The first-order valence-corrected chi connectivity index (χ1v) is 7.61. The molecule has 1 aliphatic carbocycles. The van der Waals surface area contributed by atoms with E-state index in [1.165, 1.54) is 18.2 Å². The van der Waals surface area contributed by atoms with Crippen LogP contribution in [0.1, 0.15) is 12.8 Å². The molecule has 2 aliphatic rings. The largest absolute Gasteiger partial charge is 0.586 e. The Morgan fingerprint density at radius 1 is 1.21 bits per heavy atom. The lowest BCUT2D eigenvalue weighted by Crippen LogP contribution is -3.11. The van der Waals surface area contributed by atoms with Crippen molar-refractivity contribution >= 4 is 17.5 Å². The first kappa shape index (κ1) is 16.4. The number of benzene rings is 1. The van der Waals surface area contributed by atoms with E-state index >= 15 is 0 Å². The van der Waals surface area contributed by atoms with E-state index in [1.807, 2.05) is 0 Å². The second-order valence-corrected chi connectivity index (χ2v) is 6.03. The maximum Gasteiger partial charge on any atom is 0.586 e. The molecule has 0 bridgehead atoms. The SMILES string of the molecule is C[NH+](CC(=O)Nc1ccc2c(c1)OC(F)(F)O2)CC(=O)NC1CC1.